The van der Waals surface area contributed by atoms with Crippen LogP contribution < -0.4 is 10.8 Å². The molecule has 0 aliphatic heterocycles. The highest BCUT2D eigenvalue weighted by Crippen LogP contribution is 2.28. The summed E-state index contributed by atoms with van der Waals surface area (Å²) in [6.45, 7) is -0.545. The molecule has 0 spiro atoms. The summed E-state index contributed by atoms with van der Waals surface area (Å²) in [6, 6.07) is 5.42. The van der Waals surface area contributed by atoms with Crippen molar-refractivity contribution in [2.75, 3.05) is 18.5 Å². The quantitative estimate of drug-likeness (QED) is 0.425. The first-order chi connectivity index (χ1) is 12.0. The lowest BCUT2D eigenvalue weighted by molar-refractivity contribution is 0.0168. The summed E-state index contributed by atoms with van der Waals surface area (Å²) in [5.74, 6) is -2.07. The van der Waals surface area contributed by atoms with Gasteiger partial charge in [0.2, 0.25) is 0 Å². The van der Waals surface area contributed by atoms with Gasteiger partial charge in [-0.15, -0.1) is 6.42 Å². The summed E-state index contributed by atoms with van der Waals surface area (Å²) in [4.78, 5) is 16.7. The van der Waals surface area contributed by atoms with E-state index in [1.807, 2.05) is 5.48 Å². The van der Waals surface area contributed by atoms with Crippen molar-refractivity contribution >= 4 is 17.3 Å². The molecule has 0 saturated heterocycles. The van der Waals surface area contributed by atoms with E-state index in [0.717, 1.165) is 18.2 Å². The Morgan fingerprint density at radius 2 is 1.96 bits per heavy atom. The number of carbonyl (C=O) groups excluding carboxylic acids is 1. The molecule has 25 heavy (non-hydrogen) atoms. The van der Waals surface area contributed by atoms with Crippen LogP contribution in [-0.4, -0.2) is 24.2 Å². The molecule has 0 aliphatic carbocycles. The molecule has 0 radical (unpaired) electrons. The van der Waals surface area contributed by atoms with Gasteiger partial charge in [-0.3, -0.25) is 9.63 Å². The van der Waals surface area contributed by atoms with Crippen LogP contribution in [0.15, 0.2) is 30.3 Å². The van der Waals surface area contributed by atoms with Gasteiger partial charge in [-0.2, -0.15) is 0 Å². The Kier molecular flexibility index (Phi) is 6.00. The molecule has 3 N–H and O–H groups in total. The van der Waals surface area contributed by atoms with E-state index in [0.29, 0.717) is 0 Å². The van der Waals surface area contributed by atoms with Gasteiger partial charge in [-0.25, -0.2) is 18.7 Å². The Morgan fingerprint density at radius 3 is 2.60 bits per heavy atom. The fraction of sp³-hybridized carbons (Fsp3) is 0.118. The van der Waals surface area contributed by atoms with Gasteiger partial charge < -0.3 is 10.4 Å². The summed E-state index contributed by atoms with van der Waals surface area (Å²) in [7, 11) is 0. The number of hydrogen-bond donors (Lipinski definition) is 3. The van der Waals surface area contributed by atoms with Gasteiger partial charge in [0.15, 0.2) is 11.6 Å². The standard InChI is InChI=1S/C17H13F3N2O3/c1-2-10-3-6-14(13(19)9-10)21-16-11(4-5-12(18)15(16)20)17(24)22-25-8-7-23/h1,3-6,9,21,23H,7-8H2,(H,22,24). The number of aliphatic hydroxyl groups is 1. The van der Waals surface area contributed by atoms with Gasteiger partial charge in [0.1, 0.15) is 5.82 Å². The first-order valence-corrected chi connectivity index (χ1v) is 7.02. The van der Waals surface area contributed by atoms with Crippen LogP contribution in [0.25, 0.3) is 0 Å². The van der Waals surface area contributed by atoms with Crippen molar-refractivity contribution in [3.8, 4) is 12.3 Å². The molecule has 0 fully saturated rings. The maximum Gasteiger partial charge on any atom is 0.277 e. The molecular formula is C17H13F3N2O3. The van der Waals surface area contributed by atoms with Gasteiger partial charge in [0, 0.05) is 5.56 Å². The molecule has 2 rings (SSSR count). The zero-order valence-electron chi connectivity index (χ0n) is 12.8. The Balaban J connectivity index is 2.37. The minimum Gasteiger partial charge on any atom is -0.394 e. The lowest BCUT2D eigenvalue weighted by Crippen LogP contribution is -2.26. The lowest BCUT2D eigenvalue weighted by atomic mass is 10.1. The number of benzene rings is 2. The number of anilines is 2. The van der Waals surface area contributed by atoms with E-state index >= 15 is 0 Å². The summed E-state index contributed by atoms with van der Waals surface area (Å²) in [5, 5.41) is 10.9. The first-order valence-electron chi connectivity index (χ1n) is 7.02. The van der Waals surface area contributed by atoms with Crippen LogP contribution in [-0.2, 0) is 4.84 Å². The number of terminal acetylenes is 1. The van der Waals surface area contributed by atoms with Gasteiger partial charge in [-0.05, 0) is 30.3 Å². The van der Waals surface area contributed by atoms with E-state index in [9.17, 15) is 18.0 Å². The van der Waals surface area contributed by atoms with Crippen molar-refractivity contribution in [3.05, 3.63) is 58.9 Å². The summed E-state index contributed by atoms with van der Waals surface area (Å²) >= 11 is 0. The van der Waals surface area contributed by atoms with Gasteiger partial charge in [0.25, 0.3) is 5.91 Å². The van der Waals surface area contributed by atoms with Crippen molar-refractivity contribution < 1.29 is 27.9 Å². The van der Waals surface area contributed by atoms with E-state index in [-0.39, 0.29) is 30.0 Å². The molecule has 0 atom stereocenters. The Bertz CT molecular complexity index is 835. The highest BCUT2D eigenvalue weighted by atomic mass is 19.2. The van der Waals surface area contributed by atoms with Crippen LogP contribution in [0, 0.1) is 29.8 Å². The predicted molar refractivity (Wildman–Crippen MR) is 84.5 cm³/mol. The largest absolute Gasteiger partial charge is 0.394 e. The Hall–Kier alpha value is -3.02. The van der Waals surface area contributed by atoms with Crippen molar-refractivity contribution in [2.45, 2.75) is 0 Å². The molecule has 2 aromatic rings. The zero-order valence-corrected chi connectivity index (χ0v) is 12.8. The first kappa shape index (κ1) is 18.3. The van der Waals surface area contributed by atoms with Crippen molar-refractivity contribution in [1.82, 2.24) is 5.48 Å². The maximum atomic E-state index is 14.1. The number of carbonyl (C=O) groups is 1. The average molecular weight is 350 g/mol. The van der Waals surface area contributed by atoms with E-state index in [2.05, 4.69) is 16.1 Å². The number of nitrogens with one attached hydrogen (secondary N) is 2. The maximum absolute atomic E-state index is 14.1. The molecule has 0 bridgehead atoms. The summed E-state index contributed by atoms with van der Waals surface area (Å²) in [6.07, 6.45) is 5.16. The third-order valence-corrected chi connectivity index (χ3v) is 3.09. The minimum absolute atomic E-state index is 0.194. The fourth-order valence-corrected chi connectivity index (χ4v) is 1.92. The van der Waals surface area contributed by atoms with Crippen LogP contribution >= 0.6 is 0 Å². The van der Waals surface area contributed by atoms with Crippen molar-refractivity contribution in [2.24, 2.45) is 0 Å². The lowest BCUT2D eigenvalue weighted by Gasteiger charge is -2.14. The summed E-state index contributed by atoms with van der Waals surface area (Å²) in [5.41, 5.74) is 1.13. The zero-order chi connectivity index (χ0) is 18.4. The number of aliphatic hydroxyl groups excluding tert-OH is 1. The fourth-order valence-electron chi connectivity index (χ4n) is 1.92. The van der Waals surface area contributed by atoms with E-state index in [4.69, 9.17) is 11.5 Å². The number of halogens is 3. The molecule has 1 amide bonds. The van der Waals surface area contributed by atoms with Crippen LogP contribution in [0.2, 0.25) is 0 Å². The molecule has 5 nitrogen and oxygen atoms in total. The second-order valence-electron chi connectivity index (χ2n) is 4.75. The number of hydroxylamine groups is 1. The second kappa shape index (κ2) is 8.19. The monoisotopic (exact) mass is 350 g/mol. The third-order valence-electron chi connectivity index (χ3n) is 3.09. The Morgan fingerprint density at radius 1 is 1.20 bits per heavy atom. The normalized spacial score (nSPS) is 10.2. The van der Waals surface area contributed by atoms with Crippen molar-refractivity contribution in [1.29, 1.82) is 0 Å². The Labute approximate surface area is 141 Å². The third kappa shape index (κ3) is 4.29. The van der Waals surface area contributed by atoms with Crippen LogP contribution in [0.4, 0.5) is 24.5 Å². The smallest absolute Gasteiger partial charge is 0.277 e. The molecule has 0 aliphatic rings. The van der Waals surface area contributed by atoms with Gasteiger partial charge in [0.05, 0.1) is 30.2 Å². The number of hydrogen-bond acceptors (Lipinski definition) is 4. The van der Waals surface area contributed by atoms with E-state index in [1.54, 1.807) is 0 Å². The topological polar surface area (TPSA) is 70.6 Å². The van der Waals surface area contributed by atoms with Crippen LogP contribution in [0.1, 0.15) is 15.9 Å². The van der Waals surface area contributed by atoms with E-state index < -0.39 is 29.0 Å². The molecule has 0 aromatic heterocycles. The molecule has 0 unspecified atom stereocenters. The molecule has 130 valence electrons. The predicted octanol–water partition coefficient (Wildman–Crippen LogP) is 2.48. The highest BCUT2D eigenvalue weighted by Gasteiger charge is 2.20. The van der Waals surface area contributed by atoms with Crippen LogP contribution in [0.3, 0.4) is 0 Å². The summed E-state index contributed by atoms with van der Waals surface area (Å²) < 4.78 is 41.6. The van der Waals surface area contributed by atoms with Gasteiger partial charge >= 0.3 is 0 Å². The average Bonchev–Trinajstić information content (AvgIpc) is 2.60. The number of rotatable bonds is 6. The minimum atomic E-state index is -1.37. The number of amides is 1. The molecule has 0 saturated carbocycles. The van der Waals surface area contributed by atoms with E-state index in [1.165, 1.54) is 12.1 Å². The van der Waals surface area contributed by atoms with Gasteiger partial charge in [-0.1, -0.05) is 5.92 Å². The molecule has 0 heterocycles. The van der Waals surface area contributed by atoms with Crippen LogP contribution in [0.5, 0.6) is 0 Å². The second-order valence-corrected chi connectivity index (χ2v) is 4.75. The highest BCUT2D eigenvalue weighted by molar-refractivity contribution is 6.00. The molecular weight excluding hydrogens is 337 g/mol. The van der Waals surface area contributed by atoms with Crippen molar-refractivity contribution in [3.63, 3.8) is 0 Å². The SMILES string of the molecule is C#Cc1ccc(Nc2c(C(=O)NOCCO)ccc(F)c2F)c(F)c1. The molecule has 8 heteroatoms. The molecule has 2 aromatic carbocycles.